The van der Waals surface area contributed by atoms with Crippen molar-refractivity contribution < 1.29 is 9.47 Å². The highest BCUT2D eigenvalue weighted by Crippen LogP contribution is 2.38. The normalized spacial score (nSPS) is 21.9. The number of hydrogen-bond donors (Lipinski definition) is 1. The van der Waals surface area contributed by atoms with Gasteiger partial charge in [-0.05, 0) is 11.6 Å². The fourth-order valence-electron chi connectivity index (χ4n) is 2.62. The first-order valence-corrected chi connectivity index (χ1v) is 7.92. The van der Waals surface area contributed by atoms with Crippen molar-refractivity contribution in [3.05, 3.63) is 22.7 Å². The van der Waals surface area contributed by atoms with Gasteiger partial charge in [-0.1, -0.05) is 25.4 Å². The highest BCUT2D eigenvalue weighted by molar-refractivity contribution is 6.31. The predicted octanol–water partition coefficient (Wildman–Crippen LogP) is 2.54. The molecule has 1 aromatic rings. The van der Waals surface area contributed by atoms with Gasteiger partial charge in [-0.2, -0.15) is 0 Å². The van der Waals surface area contributed by atoms with Gasteiger partial charge in [-0.15, -0.1) is 0 Å². The van der Waals surface area contributed by atoms with Crippen molar-refractivity contribution in [3.8, 4) is 11.5 Å². The van der Waals surface area contributed by atoms with Crippen LogP contribution in [-0.2, 0) is 6.54 Å². The summed E-state index contributed by atoms with van der Waals surface area (Å²) in [6.45, 7) is 10.6. The van der Waals surface area contributed by atoms with E-state index in [0.717, 1.165) is 54.8 Å². The maximum absolute atomic E-state index is 6.43. The van der Waals surface area contributed by atoms with Gasteiger partial charge in [-0.3, -0.25) is 4.90 Å². The average Bonchev–Trinajstić information content (AvgIpc) is 2.60. The van der Waals surface area contributed by atoms with E-state index >= 15 is 0 Å². The zero-order valence-corrected chi connectivity index (χ0v) is 13.5. The number of hydrogen-bond acceptors (Lipinski definition) is 4. The highest BCUT2D eigenvalue weighted by atomic mass is 35.5. The second-order valence-electron chi connectivity index (χ2n) is 6.66. The van der Waals surface area contributed by atoms with E-state index in [1.165, 1.54) is 0 Å². The molecule has 0 radical (unpaired) electrons. The summed E-state index contributed by atoms with van der Waals surface area (Å²) in [4.78, 5) is 2.41. The lowest BCUT2D eigenvalue weighted by Crippen LogP contribution is -2.42. The van der Waals surface area contributed by atoms with Gasteiger partial charge in [0.2, 0.25) is 0 Å². The molecular weight excluding hydrogens is 288 g/mol. The summed E-state index contributed by atoms with van der Waals surface area (Å²) in [7, 11) is 0. The molecule has 1 aromatic carbocycles. The molecule has 0 bridgehead atoms. The summed E-state index contributed by atoms with van der Waals surface area (Å²) < 4.78 is 11.8. The van der Waals surface area contributed by atoms with Crippen LogP contribution in [-0.4, -0.2) is 44.3 Å². The van der Waals surface area contributed by atoms with Crippen LogP contribution >= 0.6 is 11.6 Å². The first-order chi connectivity index (χ1) is 10.0. The molecule has 21 heavy (non-hydrogen) atoms. The predicted molar refractivity (Wildman–Crippen MR) is 84.4 cm³/mol. The van der Waals surface area contributed by atoms with E-state index in [2.05, 4.69) is 24.1 Å². The van der Waals surface area contributed by atoms with Crippen LogP contribution in [0.2, 0.25) is 5.02 Å². The van der Waals surface area contributed by atoms with Crippen LogP contribution in [0.3, 0.4) is 0 Å². The first-order valence-electron chi connectivity index (χ1n) is 7.55. The Morgan fingerprint density at radius 3 is 2.43 bits per heavy atom. The molecule has 0 saturated carbocycles. The number of benzene rings is 1. The Hall–Kier alpha value is -0.970. The van der Waals surface area contributed by atoms with E-state index in [-0.39, 0.29) is 5.41 Å². The quantitative estimate of drug-likeness (QED) is 0.910. The zero-order valence-electron chi connectivity index (χ0n) is 12.7. The summed E-state index contributed by atoms with van der Waals surface area (Å²) in [5.74, 6) is 1.57. The fourth-order valence-corrected chi connectivity index (χ4v) is 2.84. The van der Waals surface area contributed by atoms with Gasteiger partial charge in [0.15, 0.2) is 11.5 Å². The molecule has 0 spiro atoms. The fraction of sp³-hybridized carbons (Fsp3) is 0.625. The van der Waals surface area contributed by atoms with Gasteiger partial charge in [0.05, 0.1) is 13.2 Å². The Morgan fingerprint density at radius 1 is 1.14 bits per heavy atom. The number of fused-ring (bicyclic) bond motifs is 1. The first kappa shape index (κ1) is 14.9. The third kappa shape index (κ3) is 3.62. The minimum atomic E-state index is 0.0181. The molecule has 1 saturated heterocycles. The van der Waals surface area contributed by atoms with E-state index in [0.29, 0.717) is 13.2 Å². The summed E-state index contributed by atoms with van der Waals surface area (Å²) in [6, 6.07) is 3.94. The van der Waals surface area contributed by atoms with E-state index in [9.17, 15) is 0 Å². The molecule has 2 aliphatic heterocycles. The van der Waals surface area contributed by atoms with Gasteiger partial charge < -0.3 is 14.8 Å². The van der Waals surface area contributed by atoms with Crippen LogP contribution < -0.4 is 14.8 Å². The summed E-state index contributed by atoms with van der Waals surface area (Å²) in [5, 5.41) is 4.12. The molecule has 1 N–H and O–H groups in total. The molecule has 0 amide bonds. The van der Waals surface area contributed by atoms with Crippen molar-refractivity contribution in [2.24, 2.45) is 5.41 Å². The monoisotopic (exact) mass is 310 g/mol. The topological polar surface area (TPSA) is 33.7 Å². The van der Waals surface area contributed by atoms with E-state index in [4.69, 9.17) is 21.1 Å². The van der Waals surface area contributed by atoms with Crippen LogP contribution in [0, 0.1) is 5.41 Å². The largest absolute Gasteiger partial charge is 0.489 e. The Morgan fingerprint density at radius 2 is 1.76 bits per heavy atom. The van der Waals surface area contributed by atoms with E-state index in [1.54, 1.807) is 0 Å². The molecule has 3 rings (SSSR count). The lowest BCUT2D eigenvalue weighted by molar-refractivity contribution is 0.140. The van der Waals surface area contributed by atoms with Gasteiger partial charge in [-0.25, -0.2) is 0 Å². The van der Waals surface area contributed by atoms with Crippen LogP contribution in [0.15, 0.2) is 12.1 Å². The minimum Gasteiger partial charge on any atom is -0.489 e. The van der Waals surface area contributed by atoms with Crippen LogP contribution in [0.1, 0.15) is 19.4 Å². The highest BCUT2D eigenvalue weighted by Gasteiger charge is 2.26. The molecule has 0 aromatic heterocycles. The van der Waals surface area contributed by atoms with Crippen molar-refractivity contribution in [2.45, 2.75) is 20.4 Å². The molecule has 4 nitrogen and oxygen atoms in total. The Kier molecular flexibility index (Phi) is 4.29. The SMILES string of the molecule is CC1(C)COc2cc(Cl)c(CN3CCNCC3)cc2OC1. The van der Waals surface area contributed by atoms with Gasteiger partial charge in [0, 0.05) is 49.2 Å². The molecule has 2 aliphatic rings. The van der Waals surface area contributed by atoms with Crippen molar-refractivity contribution in [1.29, 1.82) is 0 Å². The maximum atomic E-state index is 6.43. The van der Waals surface area contributed by atoms with Gasteiger partial charge in [0.25, 0.3) is 0 Å². The lowest BCUT2D eigenvalue weighted by atomic mass is 9.97. The van der Waals surface area contributed by atoms with Gasteiger partial charge in [0.1, 0.15) is 0 Å². The molecule has 0 atom stereocenters. The number of nitrogens with zero attached hydrogens (tertiary/aromatic N) is 1. The molecule has 0 aliphatic carbocycles. The standard InChI is InChI=1S/C16H23ClN2O2/c1-16(2)10-20-14-7-12(9-19-5-3-18-4-6-19)13(17)8-15(14)21-11-16/h7-8,18H,3-6,9-11H2,1-2H3. The van der Waals surface area contributed by atoms with Gasteiger partial charge >= 0.3 is 0 Å². The third-order valence-corrected chi connectivity index (χ3v) is 4.30. The zero-order chi connectivity index (χ0) is 14.9. The molecule has 116 valence electrons. The number of rotatable bonds is 2. The number of nitrogens with one attached hydrogen (secondary N) is 1. The number of halogens is 1. The summed E-state index contributed by atoms with van der Waals surface area (Å²) in [6.07, 6.45) is 0. The van der Waals surface area contributed by atoms with Crippen molar-refractivity contribution in [2.75, 3.05) is 39.4 Å². The average molecular weight is 311 g/mol. The summed E-state index contributed by atoms with van der Waals surface area (Å²) in [5.41, 5.74) is 1.13. The van der Waals surface area contributed by atoms with Crippen molar-refractivity contribution in [3.63, 3.8) is 0 Å². The van der Waals surface area contributed by atoms with Crippen LogP contribution in [0.5, 0.6) is 11.5 Å². The summed E-state index contributed by atoms with van der Waals surface area (Å²) >= 11 is 6.43. The second kappa shape index (κ2) is 6.03. The Balaban J connectivity index is 1.79. The minimum absolute atomic E-state index is 0.0181. The maximum Gasteiger partial charge on any atom is 0.162 e. The van der Waals surface area contributed by atoms with Crippen molar-refractivity contribution in [1.82, 2.24) is 10.2 Å². The molecule has 2 heterocycles. The van der Waals surface area contributed by atoms with E-state index < -0.39 is 0 Å². The lowest BCUT2D eigenvalue weighted by Gasteiger charge is -2.27. The number of piperazine rings is 1. The Labute approximate surface area is 131 Å². The van der Waals surface area contributed by atoms with Crippen LogP contribution in [0.4, 0.5) is 0 Å². The Bertz CT molecular complexity index is 513. The number of ether oxygens (including phenoxy) is 2. The third-order valence-electron chi connectivity index (χ3n) is 3.95. The molecule has 5 heteroatoms. The molecular formula is C16H23ClN2O2. The smallest absolute Gasteiger partial charge is 0.162 e. The molecule has 1 fully saturated rings. The second-order valence-corrected chi connectivity index (χ2v) is 7.07. The van der Waals surface area contributed by atoms with Crippen molar-refractivity contribution >= 4 is 11.6 Å². The van der Waals surface area contributed by atoms with Crippen LogP contribution in [0.25, 0.3) is 0 Å². The molecule has 0 unspecified atom stereocenters. The van der Waals surface area contributed by atoms with E-state index in [1.807, 2.05) is 12.1 Å².